The predicted octanol–water partition coefficient (Wildman–Crippen LogP) is 1.18. The first-order valence-electron chi connectivity index (χ1n) is 9.68. The molecular weight excluding hydrogens is 382 g/mol. The van der Waals surface area contributed by atoms with Gasteiger partial charge in [-0.2, -0.15) is 0 Å². The van der Waals surface area contributed by atoms with Crippen LogP contribution in [0.4, 0.5) is 0 Å². The number of aromatic nitrogens is 3. The molecule has 1 atom stereocenters. The van der Waals surface area contributed by atoms with E-state index in [1.54, 1.807) is 0 Å². The van der Waals surface area contributed by atoms with Crippen LogP contribution in [0.15, 0.2) is 16.5 Å². The number of fused-ring (bicyclic) bond motifs is 1. The molecule has 1 N–H and O–H groups in total. The fourth-order valence-corrected chi connectivity index (χ4v) is 4.99. The Bertz CT molecular complexity index is 938. The van der Waals surface area contributed by atoms with Crippen LogP contribution in [0.25, 0.3) is 0 Å². The summed E-state index contributed by atoms with van der Waals surface area (Å²) in [6.07, 6.45) is 1.50. The molecule has 0 aliphatic carbocycles. The van der Waals surface area contributed by atoms with Crippen LogP contribution in [0.3, 0.4) is 0 Å². The molecular formula is C18H27N5O4S. The maximum atomic E-state index is 11.9. The minimum absolute atomic E-state index is 0.112. The van der Waals surface area contributed by atoms with Crippen molar-refractivity contribution in [3.63, 3.8) is 0 Å². The highest BCUT2D eigenvalue weighted by molar-refractivity contribution is 7.89. The molecule has 154 valence electrons. The summed E-state index contributed by atoms with van der Waals surface area (Å²) < 4.78 is 40.2. The fraction of sp³-hybridized carbons (Fsp3) is 0.667. The Morgan fingerprint density at radius 2 is 2.18 bits per heavy atom. The Balaban J connectivity index is 1.38. The fourth-order valence-electron chi connectivity index (χ4n) is 3.95. The molecule has 28 heavy (non-hydrogen) atoms. The van der Waals surface area contributed by atoms with Crippen LogP contribution < -0.4 is 4.72 Å². The smallest absolute Gasteiger partial charge is 0.211 e. The highest BCUT2D eigenvalue weighted by atomic mass is 32.2. The number of aryl methyl sites for hydroxylation is 1. The van der Waals surface area contributed by atoms with Gasteiger partial charge in [0.2, 0.25) is 10.0 Å². The largest absolute Gasteiger partial charge is 0.465 e. The van der Waals surface area contributed by atoms with Crippen molar-refractivity contribution in [2.45, 2.75) is 58.5 Å². The molecule has 10 heteroatoms. The summed E-state index contributed by atoms with van der Waals surface area (Å²) in [6, 6.07) is 4.00. The maximum Gasteiger partial charge on any atom is 0.211 e. The molecule has 1 saturated heterocycles. The summed E-state index contributed by atoms with van der Waals surface area (Å²) in [5.41, 5.74) is 1.21. The summed E-state index contributed by atoms with van der Waals surface area (Å²) in [6.45, 7) is 7.48. The van der Waals surface area contributed by atoms with Crippen molar-refractivity contribution in [1.82, 2.24) is 24.6 Å². The lowest BCUT2D eigenvalue weighted by Gasteiger charge is -2.34. The second-order valence-electron chi connectivity index (χ2n) is 7.73. The van der Waals surface area contributed by atoms with Crippen LogP contribution in [0, 0.1) is 6.92 Å². The van der Waals surface area contributed by atoms with Gasteiger partial charge in [0.05, 0.1) is 37.7 Å². The minimum Gasteiger partial charge on any atom is -0.465 e. The Morgan fingerprint density at radius 1 is 1.32 bits per heavy atom. The van der Waals surface area contributed by atoms with Crippen LogP contribution in [-0.2, 0) is 41.0 Å². The number of nitrogens with one attached hydrogen (secondary N) is 1. The summed E-state index contributed by atoms with van der Waals surface area (Å²) in [4.78, 5) is 2.33. The zero-order valence-electron chi connectivity index (χ0n) is 16.3. The first-order chi connectivity index (χ1) is 13.4. The molecule has 0 amide bonds. The van der Waals surface area contributed by atoms with E-state index in [1.165, 1.54) is 0 Å². The van der Waals surface area contributed by atoms with Gasteiger partial charge in [0.25, 0.3) is 0 Å². The predicted molar refractivity (Wildman–Crippen MR) is 102 cm³/mol. The highest BCUT2D eigenvalue weighted by Crippen LogP contribution is 2.33. The number of furan rings is 1. The molecule has 0 bridgehead atoms. The monoisotopic (exact) mass is 409 g/mol. The van der Waals surface area contributed by atoms with Gasteiger partial charge in [0.1, 0.15) is 22.8 Å². The van der Waals surface area contributed by atoms with Crippen molar-refractivity contribution in [2.75, 3.05) is 18.8 Å². The minimum atomic E-state index is -3.28. The number of rotatable bonds is 7. The molecule has 4 heterocycles. The van der Waals surface area contributed by atoms with Gasteiger partial charge in [-0.05, 0) is 31.9 Å². The Labute approximate surface area is 165 Å². The van der Waals surface area contributed by atoms with Gasteiger partial charge in [-0.1, -0.05) is 12.1 Å². The lowest BCUT2D eigenvalue weighted by Crippen LogP contribution is -2.44. The van der Waals surface area contributed by atoms with Gasteiger partial charge in [0.15, 0.2) is 0 Å². The van der Waals surface area contributed by atoms with Crippen molar-refractivity contribution in [2.24, 2.45) is 0 Å². The number of hydrogen-bond acceptors (Lipinski definition) is 7. The van der Waals surface area contributed by atoms with Gasteiger partial charge < -0.3 is 9.15 Å². The Hall–Kier alpha value is -1.75. The second-order valence-corrected chi connectivity index (χ2v) is 9.65. The molecule has 1 fully saturated rings. The van der Waals surface area contributed by atoms with Gasteiger partial charge in [-0.25, -0.2) is 17.8 Å². The van der Waals surface area contributed by atoms with E-state index in [4.69, 9.17) is 9.15 Å². The summed E-state index contributed by atoms with van der Waals surface area (Å²) >= 11 is 0. The average Bonchev–Trinajstić information content (AvgIpc) is 3.33. The third-order valence-corrected chi connectivity index (χ3v) is 6.90. The molecule has 1 spiro atoms. The van der Waals surface area contributed by atoms with E-state index >= 15 is 0 Å². The Morgan fingerprint density at radius 3 is 2.93 bits per heavy atom. The van der Waals surface area contributed by atoms with Crippen LogP contribution in [0.5, 0.6) is 0 Å². The maximum absolute atomic E-state index is 11.9. The molecule has 2 aromatic rings. The number of sulfonamides is 1. The van der Waals surface area contributed by atoms with Crippen molar-refractivity contribution in [3.8, 4) is 0 Å². The molecule has 2 aromatic heterocycles. The van der Waals surface area contributed by atoms with E-state index in [2.05, 4.69) is 19.9 Å². The van der Waals surface area contributed by atoms with Crippen molar-refractivity contribution >= 4 is 10.0 Å². The quantitative estimate of drug-likeness (QED) is 0.733. The third kappa shape index (κ3) is 4.14. The molecule has 0 radical (unpaired) electrons. The average molecular weight is 410 g/mol. The molecule has 9 nitrogen and oxygen atoms in total. The highest BCUT2D eigenvalue weighted by Gasteiger charge is 2.43. The van der Waals surface area contributed by atoms with E-state index in [0.717, 1.165) is 43.3 Å². The van der Waals surface area contributed by atoms with Gasteiger partial charge in [-0.15, -0.1) is 5.10 Å². The van der Waals surface area contributed by atoms with Crippen molar-refractivity contribution in [3.05, 3.63) is 35.0 Å². The molecule has 2 aliphatic heterocycles. The van der Waals surface area contributed by atoms with E-state index in [1.807, 2.05) is 30.7 Å². The van der Waals surface area contributed by atoms with E-state index < -0.39 is 10.0 Å². The Kier molecular flexibility index (Phi) is 5.30. The number of likely N-dealkylation sites (tertiary alicyclic amines) is 1. The van der Waals surface area contributed by atoms with E-state index in [-0.39, 0.29) is 17.9 Å². The first kappa shape index (κ1) is 19.6. The van der Waals surface area contributed by atoms with Crippen LogP contribution in [-0.4, -0.2) is 52.8 Å². The SMILES string of the molecule is CCCS(=O)(=O)NCc1nnn2c1COC1(CCN(Cc3ccc(C)o3)C1)C2. The zero-order valence-corrected chi connectivity index (χ0v) is 17.2. The summed E-state index contributed by atoms with van der Waals surface area (Å²) in [7, 11) is -3.28. The molecule has 0 saturated carbocycles. The number of nitrogens with zero attached hydrogens (tertiary/aromatic N) is 4. The lowest BCUT2D eigenvalue weighted by atomic mass is 10.0. The number of ether oxygens (including phenoxy) is 1. The molecule has 4 rings (SSSR count). The first-order valence-corrected chi connectivity index (χ1v) is 11.3. The van der Waals surface area contributed by atoms with Crippen molar-refractivity contribution < 1.29 is 17.6 Å². The summed E-state index contributed by atoms with van der Waals surface area (Å²) in [5.74, 6) is 2.00. The number of hydrogen-bond donors (Lipinski definition) is 1. The second kappa shape index (κ2) is 7.58. The normalized spacial score (nSPS) is 22.8. The van der Waals surface area contributed by atoms with Crippen molar-refractivity contribution in [1.29, 1.82) is 0 Å². The topological polar surface area (TPSA) is 102 Å². The van der Waals surface area contributed by atoms with E-state index in [0.29, 0.717) is 25.3 Å². The van der Waals surface area contributed by atoms with Crippen LogP contribution >= 0.6 is 0 Å². The van der Waals surface area contributed by atoms with Crippen LogP contribution in [0.2, 0.25) is 0 Å². The van der Waals surface area contributed by atoms with Crippen LogP contribution in [0.1, 0.15) is 42.7 Å². The standard InChI is InChI=1S/C18H27N5O4S/c1-3-8-28(24,25)19-9-16-17-11-26-18(13-23(17)21-20-16)6-7-22(12-18)10-15-5-4-14(2)27-15/h4-5,19H,3,6-13H2,1-2H3. The van der Waals surface area contributed by atoms with Gasteiger partial charge in [0, 0.05) is 13.1 Å². The van der Waals surface area contributed by atoms with Gasteiger partial charge >= 0.3 is 0 Å². The molecule has 2 aliphatic rings. The molecule has 1 unspecified atom stereocenters. The zero-order chi connectivity index (χ0) is 19.8. The molecule has 0 aromatic carbocycles. The van der Waals surface area contributed by atoms with Gasteiger partial charge in [-0.3, -0.25) is 4.90 Å². The van der Waals surface area contributed by atoms with E-state index in [9.17, 15) is 8.42 Å². The summed E-state index contributed by atoms with van der Waals surface area (Å²) in [5, 5.41) is 8.43. The lowest BCUT2D eigenvalue weighted by molar-refractivity contribution is -0.0846. The third-order valence-electron chi connectivity index (χ3n) is 5.37.